The second kappa shape index (κ2) is 6.13. The molecule has 4 heteroatoms. The number of aromatic amines is 1. The number of hydrogen-bond donors (Lipinski definition) is 2. The topological polar surface area (TPSA) is 54.1 Å². The van der Waals surface area contributed by atoms with Crippen molar-refractivity contribution in [1.29, 1.82) is 0 Å². The van der Waals surface area contributed by atoms with Gasteiger partial charge < -0.3 is 15.0 Å². The molecule has 3 aromatic rings. The molecule has 0 bridgehead atoms. The maximum Gasteiger partial charge on any atom is 0.267 e. The summed E-state index contributed by atoms with van der Waals surface area (Å²) in [5.74, 6) is 0.681. The van der Waals surface area contributed by atoms with Gasteiger partial charge in [0.05, 0.1) is 6.54 Å². The molecule has 2 aromatic carbocycles. The first-order valence-electron chi connectivity index (χ1n) is 6.87. The van der Waals surface area contributed by atoms with E-state index < -0.39 is 0 Å². The summed E-state index contributed by atoms with van der Waals surface area (Å²) in [4.78, 5) is 15.1. The third kappa shape index (κ3) is 3.23. The van der Waals surface area contributed by atoms with Crippen molar-refractivity contribution >= 4 is 16.8 Å². The van der Waals surface area contributed by atoms with Crippen LogP contribution in [-0.2, 0) is 0 Å². The number of rotatable bonds is 5. The zero-order valence-corrected chi connectivity index (χ0v) is 11.5. The van der Waals surface area contributed by atoms with Crippen LogP contribution in [0.3, 0.4) is 0 Å². The third-order valence-corrected chi connectivity index (χ3v) is 3.17. The molecule has 0 aliphatic rings. The lowest BCUT2D eigenvalue weighted by Gasteiger charge is -2.06. The number of carbonyl (C=O) groups is 1. The number of fused-ring (bicyclic) bond motifs is 1. The fourth-order valence-electron chi connectivity index (χ4n) is 2.14. The summed E-state index contributed by atoms with van der Waals surface area (Å²) in [5, 5.41) is 3.87. The van der Waals surface area contributed by atoms with E-state index >= 15 is 0 Å². The lowest BCUT2D eigenvalue weighted by atomic mass is 10.2. The van der Waals surface area contributed by atoms with Crippen LogP contribution in [0.25, 0.3) is 10.9 Å². The van der Waals surface area contributed by atoms with Crippen molar-refractivity contribution < 1.29 is 9.53 Å². The number of nitrogens with one attached hydrogen (secondary N) is 2. The molecule has 1 heterocycles. The van der Waals surface area contributed by atoms with E-state index in [9.17, 15) is 4.79 Å². The summed E-state index contributed by atoms with van der Waals surface area (Å²) in [7, 11) is 0. The molecule has 0 aliphatic heterocycles. The summed E-state index contributed by atoms with van der Waals surface area (Å²) in [5.41, 5.74) is 1.53. The van der Waals surface area contributed by atoms with Crippen molar-refractivity contribution in [3.8, 4) is 5.75 Å². The predicted molar refractivity (Wildman–Crippen MR) is 82.6 cm³/mol. The van der Waals surface area contributed by atoms with E-state index in [1.54, 1.807) is 0 Å². The van der Waals surface area contributed by atoms with Crippen LogP contribution in [-0.4, -0.2) is 24.0 Å². The van der Waals surface area contributed by atoms with Gasteiger partial charge in [0.15, 0.2) is 0 Å². The monoisotopic (exact) mass is 280 g/mol. The summed E-state index contributed by atoms with van der Waals surface area (Å²) in [6.07, 6.45) is 0. The Bertz CT molecular complexity index is 702. The highest BCUT2D eigenvalue weighted by Gasteiger charge is 2.08. The van der Waals surface area contributed by atoms with Gasteiger partial charge >= 0.3 is 0 Å². The lowest BCUT2D eigenvalue weighted by molar-refractivity contribution is 0.0943. The van der Waals surface area contributed by atoms with Crippen LogP contribution in [0.15, 0.2) is 60.7 Å². The normalized spacial score (nSPS) is 10.5. The van der Waals surface area contributed by atoms with E-state index in [2.05, 4.69) is 10.3 Å². The third-order valence-electron chi connectivity index (χ3n) is 3.17. The highest BCUT2D eigenvalue weighted by Crippen LogP contribution is 2.14. The van der Waals surface area contributed by atoms with E-state index in [1.807, 2.05) is 60.7 Å². The zero-order valence-electron chi connectivity index (χ0n) is 11.5. The molecule has 0 fully saturated rings. The number of benzene rings is 2. The molecule has 4 nitrogen and oxygen atoms in total. The first kappa shape index (κ1) is 13.2. The van der Waals surface area contributed by atoms with Gasteiger partial charge in [-0.05, 0) is 24.3 Å². The number of hydrogen-bond acceptors (Lipinski definition) is 2. The summed E-state index contributed by atoms with van der Waals surface area (Å²) >= 11 is 0. The zero-order chi connectivity index (χ0) is 14.5. The highest BCUT2D eigenvalue weighted by atomic mass is 16.5. The van der Waals surface area contributed by atoms with Crippen molar-refractivity contribution in [2.24, 2.45) is 0 Å². The molecular weight excluding hydrogens is 264 g/mol. The molecule has 0 saturated carbocycles. The van der Waals surface area contributed by atoms with Gasteiger partial charge in [0.1, 0.15) is 18.1 Å². The van der Waals surface area contributed by atoms with Crippen molar-refractivity contribution in [2.45, 2.75) is 0 Å². The average Bonchev–Trinajstić information content (AvgIpc) is 2.96. The Morgan fingerprint density at radius 2 is 1.81 bits per heavy atom. The van der Waals surface area contributed by atoms with Gasteiger partial charge in [-0.1, -0.05) is 36.4 Å². The Kier molecular flexibility index (Phi) is 3.87. The van der Waals surface area contributed by atoms with Crippen LogP contribution < -0.4 is 10.1 Å². The second-order valence-electron chi connectivity index (χ2n) is 4.69. The first-order chi connectivity index (χ1) is 10.3. The maximum atomic E-state index is 12.0. The summed E-state index contributed by atoms with van der Waals surface area (Å²) in [6, 6.07) is 19.2. The standard InChI is InChI=1S/C17H16N2O2/c20-17(16-12-13-6-4-5-9-15(13)19-16)18-10-11-21-14-7-2-1-3-8-14/h1-9,12,19H,10-11H2,(H,18,20). The van der Waals surface area contributed by atoms with Gasteiger partial charge in [-0.2, -0.15) is 0 Å². The van der Waals surface area contributed by atoms with Crippen LogP contribution in [0, 0.1) is 0 Å². The number of amides is 1. The van der Waals surface area contributed by atoms with E-state index in [4.69, 9.17) is 4.74 Å². The average molecular weight is 280 g/mol. The van der Waals surface area contributed by atoms with E-state index in [0.717, 1.165) is 16.7 Å². The summed E-state index contributed by atoms with van der Waals surface area (Å²) in [6.45, 7) is 0.902. The number of aromatic nitrogens is 1. The second-order valence-corrected chi connectivity index (χ2v) is 4.69. The smallest absolute Gasteiger partial charge is 0.267 e. The first-order valence-corrected chi connectivity index (χ1v) is 6.87. The molecule has 0 radical (unpaired) electrons. The molecular formula is C17H16N2O2. The van der Waals surface area contributed by atoms with Gasteiger partial charge in [0, 0.05) is 10.9 Å². The fourth-order valence-corrected chi connectivity index (χ4v) is 2.14. The molecule has 3 rings (SSSR count). The van der Waals surface area contributed by atoms with Crippen molar-refractivity contribution in [3.05, 3.63) is 66.4 Å². The van der Waals surface area contributed by atoms with Gasteiger partial charge in [0.25, 0.3) is 5.91 Å². The quantitative estimate of drug-likeness (QED) is 0.706. The SMILES string of the molecule is O=C(NCCOc1ccccc1)c1cc2ccccc2[nH]1. The number of ether oxygens (including phenoxy) is 1. The van der Waals surface area contributed by atoms with Crippen molar-refractivity contribution in [2.75, 3.05) is 13.2 Å². The number of carbonyl (C=O) groups excluding carboxylic acids is 1. The van der Waals surface area contributed by atoms with Crippen LogP contribution in [0.1, 0.15) is 10.5 Å². The number of para-hydroxylation sites is 2. The minimum Gasteiger partial charge on any atom is -0.492 e. The van der Waals surface area contributed by atoms with Gasteiger partial charge in [0.2, 0.25) is 0 Å². The Hall–Kier alpha value is -2.75. The van der Waals surface area contributed by atoms with Gasteiger partial charge in [-0.25, -0.2) is 0 Å². The molecule has 0 aliphatic carbocycles. The molecule has 0 spiro atoms. The minimum atomic E-state index is -0.122. The lowest BCUT2D eigenvalue weighted by Crippen LogP contribution is -2.28. The minimum absolute atomic E-state index is 0.122. The molecule has 0 saturated heterocycles. The molecule has 21 heavy (non-hydrogen) atoms. The largest absolute Gasteiger partial charge is 0.492 e. The Labute approximate surface area is 122 Å². The van der Waals surface area contributed by atoms with Crippen LogP contribution >= 0.6 is 0 Å². The van der Waals surface area contributed by atoms with Crippen LogP contribution in [0.4, 0.5) is 0 Å². The molecule has 106 valence electrons. The van der Waals surface area contributed by atoms with Crippen molar-refractivity contribution in [1.82, 2.24) is 10.3 Å². The Morgan fingerprint density at radius 1 is 1.05 bits per heavy atom. The van der Waals surface area contributed by atoms with Crippen molar-refractivity contribution in [3.63, 3.8) is 0 Å². The Balaban J connectivity index is 1.52. The highest BCUT2D eigenvalue weighted by molar-refractivity contribution is 5.97. The maximum absolute atomic E-state index is 12.0. The Morgan fingerprint density at radius 3 is 2.62 bits per heavy atom. The molecule has 1 amide bonds. The molecule has 1 aromatic heterocycles. The summed E-state index contributed by atoms with van der Waals surface area (Å²) < 4.78 is 5.53. The van der Waals surface area contributed by atoms with E-state index in [0.29, 0.717) is 18.8 Å². The fraction of sp³-hybridized carbons (Fsp3) is 0.118. The van der Waals surface area contributed by atoms with Gasteiger partial charge in [-0.3, -0.25) is 4.79 Å². The molecule has 0 unspecified atom stereocenters. The molecule has 0 atom stereocenters. The van der Waals surface area contributed by atoms with Crippen LogP contribution in [0.5, 0.6) is 5.75 Å². The van der Waals surface area contributed by atoms with Gasteiger partial charge in [-0.15, -0.1) is 0 Å². The van der Waals surface area contributed by atoms with E-state index in [-0.39, 0.29) is 5.91 Å². The molecule has 2 N–H and O–H groups in total. The number of H-pyrrole nitrogens is 1. The predicted octanol–water partition coefficient (Wildman–Crippen LogP) is 2.98. The van der Waals surface area contributed by atoms with Crippen LogP contribution in [0.2, 0.25) is 0 Å². The van der Waals surface area contributed by atoms with E-state index in [1.165, 1.54) is 0 Å².